The molecule has 3 rings (SSSR count). The molecule has 1 aliphatic carbocycles. The van der Waals surface area contributed by atoms with Crippen molar-refractivity contribution in [3.05, 3.63) is 89.5 Å². The lowest BCUT2D eigenvalue weighted by Crippen LogP contribution is -2.21. The molecule has 31 heavy (non-hydrogen) atoms. The average molecular weight is 437 g/mol. The predicted molar refractivity (Wildman–Crippen MR) is 129 cm³/mol. The Morgan fingerprint density at radius 2 is 1.35 bits per heavy atom. The highest BCUT2D eigenvalue weighted by Crippen LogP contribution is 2.31. The van der Waals surface area contributed by atoms with Crippen molar-refractivity contribution in [3.8, 4) is 0 Å². The lowest BCUT2D eigenvalue weighted by molar-refractivity contribution is 0.483. The Labute approximate surface area is 184 Å². The molecular weight excluding hydrogens is 408 g/mol. The van der Waals surface area contributed by atoms with Gasteiger partial charge in [-0.15, -0.1) is 0 Å². The van der Waals surface area contributed by atoms with Crippen LogP contribution in [0.2, 0.25) is 0 Å². The lowest BCUT2D eigenvalue weighted by atomic mass is 9.90. The summed E-state index contributed by atoms with van der Waals surface area (Å²) in [6.07, 6.45) is 8.02. The molecule has 0 spiro atoms. The summed E-state index contributed by atoms with van der Waals surface area (Å²) < 4.78 is 32.2. The van der Waals surface area contributed by atoms with E-state index in [1.54, 1.807) is 12.1 Å². The standard InChI is InChI=1S/C25H28N2O3S/c1-4-26-22-13-7-19(8-14-22)25(21-11-17-24(18-12-21)31(28,29)30)20-9-15-23(16-10-20)27(5-2)6-3/h7-18H,4-6H2,1-3H3,(H,28,29,30). The number of anilines is 1. The van der Waals surface area contributed by atoms with E-state index in [0.717, 1.165) is 53.3 Å². The molecule has 0 radical (unpaired) electrons. The van der Waals surface area contributed by atoms with E-state index in [2.05, 4.69) is 48.0 Å². The number of allylic oxidation sites excluding steroid dienone is 5. The summed E-state index contributed by atoms with van der Waals surface area (Å²) in [7, 11) is -4.23. The Balaban J connectivity index is 2.10. The third-order valence-corrected chi connectivity index (χ3v) is 6.09. The highest BCUT2D eigenvalue weighted by atomic mass is 32.2. The van der Waals surface area contributed by atoms with Gasteiger partial charge >= 0.3 is 0 Å². The van der Waals surface area contributed by atoms with Gasteiger partial charge in [-0.05, 0) is 79.5 Å². The van der Waals surface area contributed by atoms with Gasteiger partial charge in [0, 0.05) is 25.3 Å². The Morgan fingerprint density at radius 1 is 0.839 bits per heavy atom. The maximum Gasteiger partial charge on any atom is 0.294 e. The first-order chi connectivity index (χ1) is 14.9. The summed E-state index contributed by atoms with van der Waals surface area (Å²) in [5, 5.41) is 0. The van der Waals surface area contributed by atoms with Gasteiger partial charge in [-0.25, -0.2) is 0 Å². The first-order valence-electron chi connectivity index (χ1n) is 10.5. The van der Waals surface area contributed by atoms with Gasteiger partial charge < -0.3 is 4.90 Å². The monoisotopic (exact) mass is 436 g/mol. The van der Waals surface area contributed by atoms with Crippen LogP contribution in [0.4, 0.5) is 5.69 Å². The summed E-state index contributed by atoms with van der Waals surface area (Å²) in [5.74, 6) is 0. The van der Waals surface area contributed by atoms with Crippen molar-refractivity contribution in [2.75, 3.05) is 24.5 Å². The molecule has 1 aliphatic rings. The molecule has 5 nitrogen and oxygen atoms in total. The fourth-order valence-corrected chi connectivity index (χ4v) is 4.12. The quantitative estimate of drug-likeness (QED) is 0.608. The van der Waals surface area contributed by atoms with E-state index in [4.69, 9.17) is 0 Å². The van der Waals surface area contributed by atoms with Crippen molar-refractivity contribution in [3.63, 3.8) is 0 Å². The molecule has 162 valence electrons. The molecule has 0 heterocycles. The minimum atomic E-state index is -4.23. The van der Waals surface area contributed by atoms with E-state index in [1.165, 1.54) is 12.1 Å². The van der Waals surface area contributed by atoms with E-state index in [0.29, 0.717) is 0 Å². The van der Waals surface area contributed by atoms with Crippen LogP contribution < -0.4 is 4.90 Å². The van der Waals surface area contributed by atoms with Gasteiger partial charge in [0.15, 0.2) is 0 Å². The van der Waals surface area contributed by atoms with Gasteiger partial charge in [-0.2, -0.15) is 8.42 Å². The molecule has 0 aromatic heterocycles. The minimum absolute atomic E-state index is 0.121. The fourth-order valence-electron chi connectivity index (χ4n) is 3.64. The number of benzene rings is 2. The van der Waals surface area contributed by atoms with Gasteiger partial charge in [-0.3, -0.25) is 9.55 Å². The van der Waals surface area contributed by atoms with Crippen LogP contribution in [-0.2, 0) is 10.1 Å². The van der Waals surface area contributed by atoms with E-state index in [9.17, 15) is 13.0 Å². The normalized spacial score (nSPS) is 13.4. The van der Waals surface area contributed by atoms with Crippen LogP contribution in [-0.4, -0.2) is 38.3 Å². The third kappa shape index (κ3) is 5.40. The molecule has 0 unspecified atom stereocenters. The summed E-state index contributed by atoms with van der Waals surface area (Å²) in [6.45, 7) is 8.86. The zero-order chi connectivity index (χ0) is 22.4. The average Bonchev–Trinajstić information content (AvgIpc) is 2.77. The van der Waals surface area contributed by atoms with E-state index in [1.807, 2.05) is 31.2 Å². The van der Waals surface area contributed by atoms with Crippen LogP contribution >= 0.6 is 0 Å². The molecule has 2 aromatic carbocycles. The van der Waals surface area contributed by atoms with Crippen LogP contribution in [0.3, 0.4) is 0 Å². The predicted octanol–water partition coefficient (Wildman–Crippen LogP) is 5.17. The molecule has 0 aliphatic heterocycles. The van der Waals surface area contributed by atoms with Gasteiger partial charge in [0.2, 0.25) is 0 Å². The Kier molecular flexibility index (Phi) is 7.25. The fraction of sp³-hybridized carbons (Fsp3) is 0.240. The third-order valence-electron chi connectivity index (χ3n) is 5.22. The maximum atomic E-state index is 11.4. The lowest BCUT2D eigenvalue weighted by Gasteiger charge is -2.22. The van der Waals surface area contributed by atoms with Crippen LogP contribution in [0.1, 0.15) is 31.9 Å². The Morgan fingerprint density at radius 3 is 1.81 bits per heavy atom. The number of hydrogen-bond donors (Lipinski definition) is 1. The smallest absolute Gasteiger partial charge is 0.294 e. The number of aliphatic imine (C=N–C) groups is 1. The Hall–Kier alpha value is -2.96. The van der Waals surface area contributed by atoms with E-state index >= 15 is 0 Å². The van der Waals surface area contributed by atoms with E-state index in [-0.39, 0.29) is 4.90 Å². The van der Waals surface area contributed by atoms with Gasteiger partial charge in [0.25, 0.3) is 10.1 Å². The molecule has 6 heteroatoms. The molecule has 0 saturated carbocycles. The van der Waals surface area contributed by atoms with Crippen LogP contribution in [0.15, 0.2) is 88.3 Å². The van der Waals surface area contributed by atoms with Crippen molar-refractivity contribution in [1.29, 1.82) is 0 Å². The first-order valence-corrected chi connectivity index (χ1v) is 11.9. The summed E-state index contributed by atoms with van der Waals surface area (Å²) in [4.78, 5) is 6.59. The van der Waals surface area contributed by atoms with Gasteiger partial charge in [0.1, 0.15) is 0 Å². The second-order valence-electron chi connectivity index (χ2n) is 7.11. The number of nitrogens with zero attached hydrogens (tertiary/aromatic N) is 2. The van der Waals surface area contributed by atoms with Gasteiger partial charge in [0.05, 0.1) is 10.6 Å². The zero-order valence-corrected chi connectivity index (χ0v) is 18.9. The Bertz CT molecular complexity index is 1120. The molecule has 1 N–H and O–H groups in total. The zero-order valence-electron chi connectivity index (χ0n) is 18.1. The number of rotatable bonds is 7. The SMILES string of the molecule is CCN=C1C=CC(=C(c2ccc(N(CC)CC)cc2)c2ccc(S(=O)(=O)O)cc2)C=C1. The summed E-state index contributed by atoms with van der Waals surface area (Å²) in [6, 6.07) is 14.7. The van der Waals surface area contributed by atoms with E-state index < -0.39 is 10.1 Å². The second-order valence-corrected chi connectivity index (χ2v) is 8.54. The first kappa shape index (κ1) is 22.7. The molecule has 0 atom stereocenters. The summed E-state index contributed by atoms with van der Waals surface area (Å²) in [5.41, 5.74) is 5.95. The molecular formula is C25H28N2O3S. The highest BCUT2D eigenvalue weighted by molar-refractivity contribution is 7.85. The molecule has 0 bridgehead atoms. The van der Waals surface area contributed by atoms with Gasteiger partial charge in [-0.1, -0.05) is 36.4 Å². The van der Waals surface area contributed by atoms with Crippen molar-refractivity contribution < 1.29 is 13.0 Å². The molecule has 0 saturated heterocycles. The topological polar surface area (TPSA) is 70.0 Å². The van der Waals surface area contributed by atoms with Crippen molar-refractivity contribution >= 4 is 27.1 Å². The summed E-state index contributed by atoms with van der Waals surface area (Å²) >= 11 is 0. The van der Waals surface area contributed by atoms with Crippen LogP contribution in [0.5, 0.6) is 0 Å². The number of hydrogen-bond acceptors (Lipinski definition) is 4. The van der Waals surface area contributed by atoms with Crippen molar-refractivity contribution in [2.45, 2.75) is 25.7 Å². The maximum absolute atomic E-state index is 11.4. The molecule has 0 amide bonds. The highest BCUT2D eigenvalue weighted by Gasteiger charge is 2.14. The second kappa shape index (κ2) is 9.90. The largest absolute Gasteiger partial charge is 0.372 e. The molecule has 0 fully saturated rings. The van der Waals surface area contributed by atoms with Crippen LogP contribution in [0, 0.1) is 0 Å². The van der Waals surface area contributed by atoms with Crippen molar-refractivity contribution in [2.24, 2.45) is 4.99 Å². The molecule has 2 aromatic rings. The van der Waals surface area contributed by atoms with Crippen LogP contribution in [0.25, 0.3) is 5.57 Å². The minimum Gasteiger partial charge on any atom is -0.372 e. The van der Waals surface area contributed by atoms with Crippen molar-refractivity contribution in [1.82, 2.24) is 0 Å².